The fourth-order valence-electron chi connectivity index (χ4n) is 5.43. The first-order valence-corrected chi connectivity index (χ1v) is 13.8. The predicted octanol–water partition coefficient (Wildman–Crippen LogP) is 3.41. The maximum absolute atomic E-state index is 13.6. The number of aryl methyl sites for hydroxylation is 1. The van der Waals surface area contributed by atoms with Gasteiger partial charge in [-0.25, -0.2) is 15.0 Å². The van der Waals surface area contributed by atoms with Crippen LogP contribution in [0.15, 0.2) is 59.6 Å². The normalized spacial score (nSPS) is 20.3. The van der Waals surface area contributed by atoms with Gasteiger partial charge >= 0.3 is 0 Å². The van der Waals surface area contributed by atoms with Crippen LogP contribution in [0.25, 0.3) is 17.0 Å². The summed E-state index contributed by atoms with van der Waals surface area (Å²) >= 11 is 0. The lowest BCUT2D eigenvalue weighted by atomic mass is 9.90. The molecule has 1 saturated heterocycles. The van der Waals surface area contributed by atoms with Crippen LogP contribution in [0.3, 0.4) is 0 Å². The lowest BCUT2D eigenvalue weighted by Gasteiger charge is -2.34. The number of nitrogens with zero attached hydrogens (tertiary/aromatic N) is 5. The zero-order valence-electron chi connectivity index (χ0n) is 22.6. The Bertz CT molecular complexity index is 1340. The topological polar surface area (TPSA) is 126 Å². The van der Waals surface area contributed by atoms with Crippen molar-refractivity contribution < 1.29 is 4.79 Å². The molecule has 1 saturated carbocycles. The smallest absolute Gasteiger partial charge is 0.291 e. The van der Waals surface area contributed by atoms with E-state index in [4.69, 9.17) is 16.5 Å². The van der Waals surface area contributed by atoms with Gasteiger partial charge < -0.3 is 21.7 Å². The van der Waals surface area contributed by atoms with Gasteiger partial charge in [-0.3, -0.25) is 9.69 Å². The summed E-state index contributed by atoms with van der Waals surface area (Å²) in [6.07, 6.45) is 8.34. The first-order chi connectivity index (χ1) is 19.0. The number of carbonyl (C=O) groups is 1. The van der Waals surface area contributed by atoms with Gasteiger partial charge in [-0.1, -0.05) is 67.0 Å². The van der Waals surface area contributed by atoms with E-state index in [-0.39, 0.29) is 29.8 Å². The molecule has 1 aliphatic heterocycles. The Morgan fingerprint density at radius 1 is 1.05 bits per heavy atom. The summed E-state index contributed by atoms with van der Waals surface area (Å²) in [5.41, 5.74) is 14.5. The van der Waals surface area contributed by atoms with E-state index in [0.29, 0.717) is 18.9 Å². The molecule has 3 aromatic rings. The van der Waals surface area contributed by atoms with Crippen LogP contribution >= 0.6 is 0 Å². The van der Waals surface area contributed by atoms with Crippen LogP contribution in [0.4, 0.5) is 5.82 Å². The van der Waals surface area contributed by atoms with E-state index in [0.717, 1.165) is 61.8 Å². The molecule has 1 aliphatic carbocycles. The van der Waals surface area contributed by atoms with E-state index >= 15 is 0 Å². The lowest BCUT2D eigenvalue weighted by Crippen LogP contribution is -2.49. The average molecular weight is 527 g/mol. The van der Waals surface area contributed by atoms with Gasteiger partial charge in [-0.05, 0) is 37.5 Å². The van der Waals surface area contributed by atoms with Gasteiger partial charge in [0.15, 0.2) is 5.96 Å². The van der Waals surface area contributed by atoms with E-state index in [1.165, 1.54) is 5.56 Å². The van der Waals surface area contributed by atoms with Gasteiger partial charge in [0.05, 0.1) is 17.6 Å². The number of aliphatic imine (C=N–C) groups is 1. The van der Waals surface area contributed by atoms with Crippen molar-refractivity contribution in [3.05, 3.63) is 71.6 Å². The second kappa shape index (κ2) is 12.3. The number of carbonyl (C=O) groups excluding carboxylic acids is 1. The second-order valence-corrected chi connectivity index (χ2v) is 10.5. The van der Waals surface area contributed by atoms with Crippen LogP contribution in [-0.2, 0) is 0 Å². The first-order valence-electron chi connectivity index (χ1n) is 13.8. The monoisotopic (exact) mass is 526 g/mol. The third-order valence-electron chi connectivity index (χ3n) is 7.54. The van der Waals surface area contributed by atoms with E-state index in [1.807, 2.05) is 42.2 Å². The number of guanidine groups is 1. The zero-order chi connectivity index (χ0) is 27.2. The summed E-state index contributed by atoms with van der Waals surface area (Å²) in [6.45, 7) is 5.81. The molecule has 39 heavy (non-hydrogen) atoms. The van der Waals surface area contributed by atoms with E-state index < -0.39 is 0 Å². The van der Waals surface area contributed by atoms with Crippen LogP contribution in [0.2, 0.25) is 0 Å². The Morgan fingerprint density at radius 3 is 2.59 bits per heavy atom. The van der Waals surface area contributed by atoms with Gasteiger partial charge in [0, 0.05) is 38.1 Å². The minimum absolute atomic E-state index is 0.0262. The molecule has 5 rings (SSSR count). The van der Waals surface area contributed by atoms with Crippen LogP contribution in [0.5, 0.6) is 0 Å². The Kier molecular flexibility index (Phi) is 8.36. The van der Waals surface area contributed by atoms with Crippen molar-refractivity contribution in [3.63, 3.8) is 0 Å². The van der Waals surface area contributed by atoms with Gasteiger partial charge in [0.25, 0.3) is 5.91 Å². The molecule has 5 N–H and O–H groups in total. The fourth-order valence-corrected chi connectivity index (χ4v) is 5.43. The van der Waals surface area contributed by atoms with E-state index in [1.54, 1.807) is 0 Å². The van der Waals surface area contributed by atoms with Crippen molar-refractivity contribution in [2.75, 3.05) is 38.0 Å². The number of piperazine rings is 1. The number of aromatic nitrogens is 2. The maximum Gasteiger partial charge on any atom is 0.291 e. The molecular weight excluding hydrogens is 488 g/mol. The highest BCUT2D eigenvalue weighted by molar-refractivity contribution is 5.96. The molecule has 0 radical (unpaired) electrons. The number of hydrogen-bond donors (Lipinski definition) is 3. The number of anilines is 1. The lowest BCUT2D eigenvalue weighted by molar-refractivity contribution is 0.0638. The summed E-state index contributed by atoms with van der Waals surface area (Å²) < 4.78 is 0. The number of amides is 1. The molecule has 0 spiro atoms. The number of nitrogens with two attached hydrogens (primary N) is 2. The summed E-state index contributed by atoms with van der Waals surface area (Å²) in [7, 11) is 0. The van der Waals surface area contributed by atoms with Gasteiger partial charge in [-0.15, -0.1) is 0 Å². The largest absolute Gasteiger partial charge is 0.370 e. The Labute approximate surface area is 230 Å². The molecule has 1 aromatic heterocycles. The van der Waals surface area contributed by atoms with Crippen molar-refractivity contribution in [3.8, 4) is 0 Å². The van der Waals surface area contributed by atoms with Gasteiger partial charge in [0.1, 0.15) is 5.82 Å². The predicted molar refractivity (Wildman–Crippen MR) is 158 cm³/mol. The number of hydrogen-bond acceptors (Lipinski definition) is 6. The quantitative estimate of drug-likeness (QED) is 0.318. The standard InChI is InChI=1S/C30H38N8O/c1-21-13-14-24-23(20-21)27(34-25-11-5-6-12-26(25)35-30(31)32)36-28(33-24)29(39)38-18-16-37(17-19-38)15-7-10-22-8-3-2-4-9-22/h2-4,7-10,13-14,20,25-26H,5-6,11-12,15-19H2,1H3,(H4,31,32,35)(H,33,34,36)/b10-7+. The SMILES string of the molecule is Cc1ccc2nc(C(=O)N3CCN(C/C=C/c4ccccc4)CC3)nc(NC3CCCCC3N=C(N)N)c2c1. The van der Waals surface area contributed by atoms with Crippen LogP contribution in [0.1, 0.15) is 47.4 Å². The number of fused-ring (bicyclic) bond motifs is 1. The van der Waals surface area contributed by atoms with Crippen molar-refractivity contribution in [1.82, 2.24) is 19.8 Å². The molecular formula is C30H38N8O. The average Bonchev–Trinajstić information content (AvgIpc) is 2.94. The summed E-state index contributed by atoms with van der Waals surface area (Å²) in [4.78, 5) is 31.7. The molecule has 204 valence electrons. The third kappa shape index (κ3) is 6.72. The number of nitrogens with one attached hydrogen (secondary N) is 1. The molecule has 1 amide bonds. The second-order valence-electron chi connectivity index (χ2n) is 10.5. The molecule has 2 unspecified atom stereocenters. The molecule has 9 nitrogen and oxygen atoms in total. The molecule has 2 aromatic carbocycles. The van der Waals surface area contributed by atoms with Crippen LogP contribution < -0.4 is 16.8 Å². The van der Waals surface area contributed by atoms with Gasteiger partial charge in [-0.2, -0.15) is 0 Å². The maximum atomic E-state index is 13.6. The highest BCUT2D eigenvalue weighted by Crippen LogP contribution is 2.28. The van der Waals surface area contributed by atoms with E-state index in [2.05, 4.69) is 50.5 Å². The van der Waals surface area contributed by atoms with E-state index in [9.17, 15) is 4.79 Å². The van der Waals surface area contributed by atoms with Crippen LogP contribution in [0, 0.1) is 6.92 Å². The summed E-state index contributed by atoms with van der Waals surface area (Å²) in [5.74, 6) is 0.854. The highest BCUT2D eigenvalue weighted by atomic mass is 16.2. The highest BCUT2D eigenvalue weighted by Gasteiger charge is 2.28. The van der Waals surface area contributed by atoms with Crippen molar-refractivity contribution in [1.29, 1.82) is 0 Å². The third-order valence-corrected chi connectivity index (χ3v) is 7.54. The zero-order valence-corrected chi connectivity index (χ0v) is 22.6. The van der Waals surface area contributed by atoms with Crippen molar-refractivity contribution >= 4 is 34.7 Å². The van der Waals surface area contributed by atoms with Gasteiger partial charge in [0.2, 0.25) is 5.82 Å². The first kappa shape index (κ1) is 26.6. The molecule has 2 aliphatic rings. The molecule has 9 heteroatoms. The summed E-state index contributed by atoms with van der Waals surface area (Å²) in [6, 6.07) is 16.3. The molecule has 2 atom stereocenters. The minimum Gasteiger partial charge on any atom is -0.370 e. The summed E-state index contributed by atoms with van der Waals surface area (Å²) in [5, 5.41) is 4.49. The Morgan fingerprint density at radius 2 is 1.82 bits per heavy atom. The molecule has 2 heterocycles. The minimum atomic E-state index is -0.135. The Balaban J connectivity index is 1.30. The molecule has 0 bridgehead atoms. The van der Waals surface area contributed by atoms with Crippen LogP contribution in [-0.4, -0.2) is 76.4 Å². The molecule has 2 fully saturated rings. The fraction of sp³-hybridized carbons (Fsp3) is 0.400. The van der Waals surface area contributed by atoms with Crippen molar-refractivity contribution in [2.24, 2.45) is 16.5 Å². The Hall–Kier alpha value is -3.98. The number of rotatable bonds is 7. The number of benzene rings is 2. The van der Waals surface area contributed by atoms with Crippen molar-refractivity contribution in [2.45, 2.75) is 44.7 Å².